The average molecular weight is 372 g/mol. The van der Waals surface area contributed by atoms with Gasteiger partial charge in [-0.25, -0.2) is 0 Å². The molecule has 0 radical (unpaired) electrons. The molecule has 2 heterocycles. The van der Waals surface area contributed by atoms with Crippen LogP contribution in [-0.2, 0) is 28.6 Å². The Kier molecular flexibility index (Phi) is 6.84. The number of ether oxygens (including phenoxy) is 3. The van der Waals surface area contributed by atoms with E-state index in [4.69, 9.17) is 14.2 Å². The molecule has 5 atom stereocenters. The summed E-state index contributed by atoms with van der Waals surface area (Å²) in [6.45, 7) is 2.89. The number of aliphatic hydroxyl groups is 2. The number of hydrogen-bond acceptors (Lipinski definition) is 8. The van der Waals surface area contributed by atoms with Gasteiger partial charge in [-0.05, 0) is 13.0 Å². The predicted molar refractivity (Wildman–Crippen MR) is 86.8 cm³/mol. The summed E-state index contributed by atoms with van der Waals surface area (Å²) in [6.07, 6.45) is -1.17. The van der Waals surface area contributed by atoms with E-state index in [-0.39, 0.29) is 38.1 Å². The molecule has 0 saturated carbocycles. The molecule has 0 aliphatic carbocycles. The Balaban J connectivity index is 1.79. The zero-order chi connectivity index (χ0) is 19.3. The van der Waals surface area contributed by atoms with Crippen LogP contribution in [-0.4, -0.2) is 84.3 Å². The minimum atomic E-state index is -1.31. The van der Waals surface area contributed by atoms with E-state index < -0.39 is 36.0 Å². The van der Waals surface area contributed by atoms with Crippen molar-refractivity contribution < 1.29 is 38.8 Å². The third kappa shape index (κ3) is 4.86. The minimum absolute atomic E-state index is 0.000311. The highest BCUT2D eigenvalue weighted by Gasteiger charge is 2.59. The number of amides is 2. The van der Waals surface area contributed by atoms with Crippen molar-refractivity contribution in [3.8, 4) is 0 Å². The first-order chi connectivity index (χ1) is 12.2. The summed E-state index contributed by atoms with van der Waals surface area (Å²) in [5.41, 5.74) is -1.24. The molecule has 2 fully saturated rings. The lowest BCUT2D eigenvalue weighted by Crippen LogP contribution is -2.66. The molecule has 2 amide bonds. The van der Waals surface area contributed by atoms with E-state index >= 15 is 0 Å². The first kappa shape index (κ1) is 20.5. The normalized spacial score (nSPS) is 33.2. The van der Waals surface area contributed by atoms with Crippen molar-refractivity contribution in [2.45, 2.75) is 44.0 Å². The van der Waals surface area contributed by atoms with Crippen molar-refractivity contribution in [3.63, 3.8) is 0 Å². The Hall–Kier alpha value is -1.85. The topological polar surface area (TPSA) is 143 Å². The zero-order valence-electron chi connectivity index (χ0n) is 14.6. The quantitative estimate of drug-likeness (QED) is 0.273. The summed E-state index contributed by atoms with van der Waals surface area (Å²) in [6, 6.07) is -0.870. The van der Waals surface area contributed by atoms with Crippen LogP contribution >= 0.6 is 0 Å². The van der Waals surface area contributed by atoms with Gasteiger partial charge in [-0.3, -0.25) is 14.4 Å². The Bertz CT molecular complexity index is 581. The van der Waals surface area contributed by atoms with Gasteiger partial charge in [0.15, 0.2) is 12.1 Å². The summed E-state index contributed by atoms with van der Waals surface area (Å²) in [5, 5.41) is 25.6. The van der Waals surface area contributed by atoms with Gasteiger partial charge < -0.3 is 35.1 Å². The van der Waals surface area contributed by atoms with Gasteiger partial charge in [-0.15, -0.1) is 0 Å². The van der Waals surface area contributed by atoms with Crippen LogP contribution in [0.25, 0.3) is 0 Å². The van der Waals surface area contributed by atoms with Gasteiger partial charge in [-0.1, -0.05) is 0 Å². The zero-order valence-corrected chi connectivity index (χ0v) is 14.6. The highest BCUT2D eigenvalue weighted by atomic mass is 16.7. The summed E-state index contributed by atoms with van der Waals surface area (Å²) >= 11 is 0. The van der Waals surface area contributed by atoms with Gasteiger partial charge in [0.05, 0.1) is 19.8 Å². The molecule has 2 bridgehead atoms. The monoisotopic (exact) mass is 372 g/mol. The maximum atomic E-state index is 11.4. The number of nitrogens with one attached hydrogen (secondary N) is 2. The van der Waals surface area contributed by atoms with E-state index in [0.29, 0.717) is 0 Å². The number of allylic oxidation sites excluding steroid dienone is 1. The number of carbonyl (C=O) groups excluding carboxylic acids is 3. The maximum Gasteiger partial charge on any atom is 0.244 e. The van der Waals surface area contributed by atoms with Crippen LogP contribution in [0.2, 0.25) is 0 Å². The molecule has 0 aromatic carbocycles. The Morgan fingerprint density at radius 3 is 2.65 bits per heavy atom. The molecule has 2 aliphatic heterocycles. The van der Waals surface area contributed by atoms with Crippen molar-refractivity contribution in [3.05, 3.63) is 12.2 Å². The van der Waals surface area contributed by atoms with Gasteiger partial charge in [0.2, 0.25) is 11.8 Å². The number of hydrogen-bond donors (Lipinski definition) is 4. The minimum Gasteiger partial charge on any atom is -0.388 e. The number of aliphatic hydroxyl groups excluding tert-OH is 2. The summed E-state index contributed by atoms with van der Waals surface area (Å²) in [4.78, 5) is 33.3. The molecule has 2 saturated heterocycles. The summed E-state index contributed by atoms with van der Waals surface area (Å²) in [7, 11) is 0. The second-order valence-corrected chi connectivity index (χ2v) is 6.31. The van der Waals surface area contributed by atoms with Crippen molar-refractivity contribution >= 4 is 17.6 Å². The fourth-order valence-electron chi connectivity index (χ4n) is 2.82. The van der Waals surface area contributed by atoms with Crippen molar-refractivity contribution in [2.75, 3.05) is 26.4 Å². The number of ketones is 1. The molecule has 26 heavy (non-hydrogen) atoms. The Morgan fingerprint density at radius 1 is 1.27 bits per heavy atom. The number of rotatable bonds is 8. The number of fused-ring (bicyclic) bond motifs is 2. The SMILES string of the molecule is CC(=O)/C=C/C(=O)NCCOC[C@@]12CO[C@@H](O1)[C@@H](NC(C)=O)[C@@H](O)[C@@H]2O. The molecule has 0 aromatic heterocycles. The molecule has 146 valence electrons. The highest BCUT2D eigenvalue weighted by Crippen LogP contribution is 2.37. The second kappa shape index (κ2) is 8.69. The van der Waals surface area contributed by atoms with E-state index in [1.807, 2.05) is 0 Å². The molecule has 2 aliphatic rings. The fourth-order valence-corrected chi connectivity index (χ4v) is 2.82. The fraction of sp³-hybridized carbons (Fsp3) is 0.688. The van der Waals surface area contributed by atoms with Gasteiger partial charge in [0.25, 0.3) is 0 Å². The van der Waals surface area contributed by atoms with Crippen LogP contribution in [0.3, 0.4) is 0 Å². The Labute approximate surface area is 150 Å². The molecular weight excluding hydrogens is 348 g/mol. The lowest BCUT2D eigenvalue weighted by atomic mass is 9.88. The smallest absolute Gasteiger partial charge is 0.244 e. The summed E-state index contributed by atoms with van der Waals surface area (Å²) in [5.74, 6) is -1.03. The van der Waals surface area contributed by atoms with Crippen LogP contribution in [0.5, 0.6) is 0 Å². The molecule has 10 nitrogen and oxygen atoms in total. The maximum absolute atomic E-state index is 11.4. The van der Waals surface area contributed by atoms with Crippen LogP contribution in [0.15, 0.2) is 12.2 Å². The van der Waals surface area contributed by atoms with Crippen LogP contribution in [0.4, 0.5) is 0 Å². The standard InChI is InChI=1S/C16H24N2O8/c1-9(19)3-4-11(21)17-5-6-24-7-16-8-25-15(26-16)12(18-10(2)20)13(22)14(16)23/h3-4,12-15,22-23H,5-8H2,1-2H3,(H,17,21)(H,18,20)/b4-3+/t12-,13+,14-,15-,16-/m0/s1. The largest absolute Gasteiger partial charge is 0.388 e. The van der Waals surface area contributed by atoms with Crippen molar-refractivity contribution in [1.82, 2.24) is 10.6 Å². The lowest BCUT2D eigenvalue weighted by Gasteiger charge is -2.42. The molecule has 0 spiro atoms. The number of carbonyl (C=O) groups is 3. The van der Waals surface area contributed by atoms with E-state index in [9.17, 15) is 24.6 Å². The van der Waals surface area contributed by atoms with Crippen LogP contribution in [0, 0.1) is 0 Å². The first-order valence-corrected chi connectivity index (χ1v) is 8.22. The van der Waals surface area contributed by atoms with Gasteiger partial charge >= 0.3 is 0 Å². The molecule has 10 heteroatoms. The molecular formula is C16H24N2O8. The van der Waals surface area contributed by atoms with E-state index in [0.717, 1.165) is 12.2 Å². The summed E-state index contributed by atoms with van der Waals surface area (Å²) < 4.78 is 16.5. The van der Waals surface area contributed by atoms with Gasteiger partial charge in [-0.2, -0.15) is 0 Å². The highest BCUT2D eigenvalue weighted by molar-refractivity contribution is 5.96. The third-order valence-electron chi connectivity index (χ3n) is 4.10. The van der Waals surface area contributed by atoms with E-state index in [1.165, 1.54) is 13.8 Å². The van der Waals surface area contributed by atoms with Crippen LogP contribution < -0.4 is 10.6 Å². The molecule has 2 rings (SSSR count). The second-order valence-electron chi connectivity index (χ2n) is 6.31. The van der Waals surface area contributed by atoms with Gasteiger partial charge in [0.1, 0.15) is 23.9 Å². The van der Waals surface area contributed by atoms with E-state index in [2.05, 4.69) is 10.6 Å². The van der Waals surface area contributed by atoms with E-state index in [1.54, 1.807) is 0 Å². The molecule has 0 unspecified atom stereocenters. The molecule has 4 N–H and O–H groups in total. The first-order valence-electron chi connectivity index (χ1n) is 8.22. The average Bonchev–Trinajstić information content (AvgIpc) is 2.97. The molecule has 0 aromatic rings. The van der Waals surface area contributed by atoms with Gasteiger partial charge in [0, 0.05) is 19.5 Å². The lowest BCUT2D eigenvalue weighted by molar-refractivity contribution is -0.237. The van der Waals surface area contributed by atoms with Crippen molar-refractivity contribution in [2.24, 2.45) is 0 Å². The van der Waals surface area contributed by atoms with Crippen molar-refractivity contribution in [1.29, 1.82) is 0 Å². The predicted octanol–water partition coefficient (Wildman–Crippen LogP) is -2.38. The Morgan fingerprint density at radius 2 is 2.00 bits per heavy atom. The van der Waals surface area contributed by atoms with Crippen LogP contribution in [0.1, 0.15) is 13.8 Å². The third-order valence-corrected chi connectivity index (χ3v) is 4.10.